The molecule has 10 rings (SSSR count). The standard InChI is InChI=1S/C48H48ClN9O6S2/c1-27-10-12-37(44(60)51-27)58-36-13-11-33(34-8-5-9-35(39(34)36)45(58)61)28-14-17-55(18-15-28)38-25-56-47(53-38)50-24-32(54-56)26-65-57-19-16-31(23-48(57,2)3)52-30-7-4-6-29(22-30)42-40(49)41(64-21-20-59)43(66-42)46(62)63/h4-9,11,13,20,22,24-25,28,31,37,52H,1,10,12,14-19,21,23,26H2,2-3H3,(H,51,60)(H,62,63). The van der Waals surface area contributed by atoms with Crippen LogP contribution in [-0.4, -0.2) is 96.9 Å². The molecule has 340 valence electrons. The summed E-state index contributed by atoms with van der Waals surface area (Å²) < 4.78 is 9.60. The third-order valence-electron chi connectivity index (χ3n) is 13.1. The number of amides is 2. The predicted molar refractivity (Wildman–Crippen MR) is 258 cm³/mol. The number of ether oxygens (including phenoxy) is 1. The number of allylic oxidation sites excluding steroid dienone is 1. The maximum Gasteiger partial charge on any atom is 0.349 e. The van der Waals surface area contributed by atoms with Crippen molar-refractivity contribution in [3.05, 3.63) is 106 Å². The smallest absolute Gasteiger partial charge is 0.349 e. The molecule has 4 aliphatic rings. The monoisotopic (exact) mass is 945 g/mol. The Morgan fingerprint density at radius 3 is 2.70 bits per heavy atom. The number of thiophene rings is 1. The van der Waals surface area contributed by atoms with Crippen molar-refractivity contribution in [3.8, 4) is 16.2 Å². The first-order chi connectivity index (χ1) is 31.9. The normalized spacial score (nSPS) is 20.0. The van der Waals surface area contributed by atoms with Crippen LogP contribution >= 0.6 is 34.9 Å². The van der Waals surface area contributed by atoms with Crippen LogP contribution in [0.1, 0.15) is 89.6 Å². The van der Waals surface area contributed by atoms with E-state index in [2.05, 4.69) is 52.4 Å². The van der Waals surface area contributed by atoms with Crippen LogP contribution in [0.4, 0.5) is 17.2 Å². The Balaban J connectivity index is 0.752. The van der Waals surface area contributed by atoms with Crippen molar-refractivity contribution in [1.82, 2.24) is 29.2 Å². The second-order valence-electron chi connectivity index (χ2n) is 17.9. The molecule has 6 aromatic rings. The molecule has 0 aliphatic carbocycles. The molecular formula is C48H48ClN9O6S2. The van der Waals surface area contributed by atoms with Gasteiger partial charge in [-0.25, -0.2) is 18.6 Å². The van der Waals surface area contributed by atoms with E-state index in [-0.39, 0.29) is 45.7 Å². The molecule has 2 unspecified atom stereocenters. The number of imidazole rings is 1. The van der Waals surface area contributed by atoms with Gasteiger partial charge < -0.3 is 25.4 Å². The van der Waals surface area contributed by atoms with Gasteiger partial charge in [0.15, 0.2) is 22.7 Å². The summed E-state index contributed by atoms with van der Waals surface area (Å²) in [6.45, 7) is 10.6. The quantitative estimate of drug-likeness (QED) is 0.0743. The Labute approximate surface area is 394 Å². The molecule has 0 spiro atoms. The van der Waals surface area contributed by atoms with Crippen molar-refractivity contribution in [2.24, 2.45) is 0 Å². The zero-order valence-electron chi connectivity index (χ0n) is 36.5. The number of carbonyl (C=O) groups is 4. The number of aldehydes is 1. The first kappa shape index (κ1) is 43.9. The van der Waals surface area contributed by atoms with E-state index in [0.717, 1.165) is 95.9 Å². The number of aromatic carboxylic acids is 1. The lowest BCUT2D eigenvalue weighted by molar-refractivity contribution is -0.122. The van der Waals surface area contributed by atoms with E-state index in [4.69, 9.17) is 31.4 Å². The molecule has 3 N–H and O–H groups in total. The number of benzene rings is 3. The van der Waals surface area contributed by atoms with E-state index in [0.29, 0.717) is 52.7 Å². The summed E-state index contributed by atoms with van der Waals surface area (Å²) in [5.74, 6) is 0.928. The number of rotatable bonds is 13. The number of piperidine rings is 3. The molecule has 18 heteroatoms. The Bertz CT molecular complexity index is 2950. The summed E-state index contributed by atoms with van der Waals surface area (Å²) in [7, 11) is 0. The van der Waals surface area contributed by atoms with Crippen molar-refractivity contribution in [2.75, 3.05) is 41.4 Å². The van der Waals surface area contributed by atoms with Crippen molar-refractivity contribution in [3.63, 3.8) is 0 Å². The van der Waals surface area contributed by atoms with Crippen LogP contribution in [0.3, 0.4) is 0 Å². The van der Waals surface area contributed by atoms with Gasteiger partial charge in [-0.15, -0.1) is 11.3 Å². The number of nitrogens with zero attached hydrogens (tertiary/aromatic N) is 7. The number of hydrogen-bond acceptors (Lipinski definition) is 13. The van der Waals surface area contributed by atoms with Crippen LogP contribution in [0.25, 0.3) is 27.0 Å². The molecule has 3 aromatic heterocycles. The summed E-state index contributed by atoms with van der Waals surface area (Å²) >= 11 is 9.38. The predicted octanol–water partition coefficient (Wildman–Crippen LogP) is 8.58. The van der Waals surface area contributed by atoms with E-state index in [1.807, 2.05) is 54.9 Å². The molecule has 3 saturated heterocycles. The lowest BCUT2D eigenvalue weighted by Crippen LogP contribution is -2.51. The van der Waals surface area contributed by atoms with Crippen LogP contribution in [0, 0.1) is 0 Å². The van der Waals surface area contributed by atoms with Gasteiger partial charge in [0, 0.05) is 53.5 Å². The van der Waals surface area contributed by atoms with Crippen molar-refractivity contribution in [1.29, 1.82) is 0 Å². The first-order valence-corrected chi connectivity index (χ1v) is 24.2. The maximum absolute atomic E-state index is 13.7. The van der Waals surface area contributed by atoms with Crippen molar-refractivity contribution in [2.45, 2.75) is 81.7 Å². The minimum atomic E-state index is -1.16. The molecule has 0 bridgehead atoms. The molecule has 0 radical (unpaired) electrons. The molecular weight excluding hydrogens is 898 g/mol. The first-order valence-electron chi connectivity index (χ1n) is 22.1. The van der Waals surface area contributed by atoms with Crippen LogP contribution in [-0.2, 0) is 15.3 Å². The fourth-order valence-corrected chi connectivity index (χ4v) is 12.5. The number of carboxylic acids is 1. The SMILES string of the molecule is C=C1CCC(N2C(=O)c3cccc4c(C5CCN(c6cn7nc(CSN8CCC(Nc9cccc(-c%10sc(C(=O)O)c(OCC=O)c%10Cl)c9)CC8(C)C)cnc7n6)CC5)ccc2c34)C(=O)N1. The van der Waals surface area contributed by atoms with Crippen molar-refractivity contribution >= 4 is 92.7 Å². The lowest BCUT2D eigenvalue weighted by atomic mass is 9.85. The molecule has 66 heavy (non-hydrogen) atoms. The van der Waals surface area contributed by atoms with Gasteiger partial charge in [-0.1, -0.05) is 60.5 Å². The van der Waals surface area contributed by atoms with Gasteiger partial charge in [-0.3, -0.25) is 19.3 Å². The van der Waals surface area contributed by atoms with E-state index < -0.39 is 12.0 Å². The van der Waals surface area contributed by atoms with Gasteiger partial charge in [-0.2, -0.15) is 10.1 Å². The highest BCUT2D eigenvalue weighted by molar-refractivity contribution is 7.96. The Kier molecular flexibility index (Phi) is 11.7. The number of fused-ring (bicyclic) bond motifs is 1. The third-order valence-corrected chi connectivity index (χ3v) is 16.2. The molecule has 7 heterocycles. The molecule has 0 saturated carbocycles. The topological polar surface area (TPSA) is 175 Å². The Hall–Kier alpha value is -6.01. The molecule has 3 aromatic carbocycles. The molecule has 3 fully saturated rings. The van der Waals surface area contributed by atoms with E-state index in [9.17, 15) is 24.3 Å². The minimum Gasteiger partial charge on any atom is -0.483 e. The highest BCUT2D eigenvalue weighted by Gasteiger charge is 2.41. The largest absolute Gasteiger partial charge is 0.483 e. The van der Waals surface area contributed by atoms with Gasteiger partial charge in [0.25, 0.3) is 11.7 Å². The highest BCUT2D eigenvalue weighted by Crippen LogP contribution is 2.47. The molecule has 2 amide bonds. The molecule has 2 atom stereocenters. The summed E-state index contributed by atoms with van der Waals surface area (Å²) in [4.78, 5) is 63.6. The Morgan fingerprint density at radius 1 is 1.11 bits per heavy atom. The fraction of sp³-hybridized carbons (Fsp3) is 0.354. The minimum absolute atomic E-state index is 0.0103. The number of nitrogens with one attached hydrogen (secondary N) is 2. The lowest BCUT2D eigenvalue weighted by Gasteiger charge is -2.45. The summed E-state index contributed by atoms with van der Waals surface area (Å²) in [5, 5.41) is 23.4. The number of halogens is 1. The Morgan fingerprint density at radius 2 is 1.92 bits per heavy atom. The highest BCUT2D eigenvalue weighted by atomic mass is 35.5. The zero-order valence-corrected chi connectivity index (χ0v) is 38.8. The number of hydrogen-bond donors (Lipinski definition) is 3. The van der Waals surface area contributed by atoms with Gasteiger partial charge >= 0.3 is 5.97 Å². The number of aromatic nitrogens is 4. The van der Waals surface area contributed by atoms with Crippen LogP contribution < -0.4 is 25.2 Å². The van der Waals surface area contributed by atoms with Gasteiger partial charge in [0.1, 0.15) is 17.7 Å². The van der Waals surface area contributed by atoms with Gasteiger partial charge in [0.05, 0.1) is 34.4 Å². The maximum atomic E-state index is 13.7. The summed E-state index contributed by atoms with van der Waals surface area (Å²) in [6, 6.07) is 17.5. The number of anilines is 3. The van der Waals surface area contributed by atoms with Crippen LogP contribution in [0.15, 0.2) is 79.3 Å². The average Bonchev–Trinajstić information content (AvgIpc) is 3.97. The fourth-order valence-electron chi connectivity index (χ4n) is 9.99. The average molecular weight is 947 g/mol. The third kappa shape index (κ3) is 8.15. The van der Waals surface area contributed by atoms with E-state index in [1.54, 1.807) is 21.4 Å². The molecule has 15 nitrogen and oxygen atoms in total. The van der Waals surface area contributed by atoms with Gasteiger partial charge in [0.2, 0.25) is 5.91 Å². The number of carboxylic acid groups (broad SMARTS) is 1. The van der Waals surface area contributed by atoms with Gasteiger partial charge in [-0.05, 0) is 99.1 Å². The summed E-state index contributed by atoms with van der Waals surface area (Å²) in [6.07, 6.45) is 9.20. The number of carbonyl (C=O) groups excluding carboxylic acids is 3. The van der Waals surface area contributed by atoms with Crippen molar-refractivity contribution < 1.29 is 29.0 Å². The van der Waals surface area contributed by atoms with E-state index in [1.165, 1.54) is 5.56 Å². The van der Waals surface area contributed by atoms with E-state index >= 15 is 0 Å². The van der Waals surface area contributed by atoms with Crippen LogP contribution in [0.5, 0.6) is 5.75 Å². The summed E-state index contributed by atoms with van der Waals surface area (Å²) in [5.41, 5.74) is 5.79. The second-order valence-corrected chi connectivity index (χ2v) is 20.3. The molecule has 4 aliphatic heterocycles. The second kappa shape index (κ2) is 17.7. The van der Waals surface area contributed by atoms with Crippen LogP contribution in [0.2, 0.25) is 5.02 Å². The zero-order chi connectivity index (χ0) is 45.9.